The molecule has 0 saturated carbocycles. The van der Waals surface area contributed by atoms with E-state index in [9.17, 15) is 19.4 Å². The molecule has 0 aromatic heterocycles. The molecule has 0 aromatic carbocycles. The van der Waals surface area contributed by atoms with Crippen LogP contribution in [0.3, 0.4) is 0 Å². The number of phosphoric acid groups is 1. The minimum absolute atomic E-state index is 0.00960. The fourth-order valence-corrected chi connectivity index (χ4v) is 7.17. The van der Waals surface area contributed by atoms with E-state index in [1.54, 1.807) is 0 Å². The minimum Gasteiger partial charge on any atom is -0.756 e. The number of phosphoric ester groups is 1. The van der Waals surface area contributed by atoms with Gasteiger partial charge < -0.3 is 28.8 Å². The lowest BCUT2D eigenvalue weighted by Gasteiger charge is -2.30. The average Bonchev–Trinajstić information content (AvgIpc) is 3.09. The van der Waals surface area contributed by atoms with E-state index < -0.39 is 20.0 Å². The number of nitrogens with one attached hydrogen (secondary N) is 1. The molecule has 310 valence electrons. The van der Waals surface area contributed by atoms with E-state index in [1.807, 2.05) is 21.1 Å². The number of allylic oxidation sites excluding steroid dienone is 2. The molecule has 8 nitrogen and oxygen atoms in total. The number of unbranched alkanes of at least 4 members (excludes halogenated alkanes) is 25. The van der Waals surface area contributed by atoms with Crippen LogP contribution in [0.4, 0.5) is 0 Å². The SMILES string of the molecule is CCCCCCCCCC/C=C/CCCC[C@@H](O)[C@H](COP(=O)([O-])OCC[N+](C)(C)C)NC(=O)CCCCCCCCCCCCCCCCCC. The zero-order valence-electron chi connectivity index (χ0n) is 35.0. The Balaban J connectivity index is 4.39. The summed E-state index contributed by atoms with van der Waals surface area (Å²) in [6, 6.07) is -0.810. The second kappa shape index (κ2) is 35.9. The molecule has 0 fully saturated rings. The molecule has 0 radical (unpaired) electrons. The minimum atomic E-state index is -4.56. The first-order valence-corrected chi connectivity index (χ1v) is 23.5. The van der Waals surface area contributed by atoms with Crippen LogP contribution in [0.1, 0.15) is 206 Å². The molecule has 0 bridgehead atoms. The fraction of sp³-hybridized carbons (Fsp3) is 0.930. The van der Waals surface area contributed by atoms with Gasteiger partial charge in [-0.1, -0.05) is 174 Å². The van der Waals surface area contributed by atoms with Gasteiger partial charge in [-0.3, -0.25) is 9.36 Å². The van der Waals surface area contributed by atoms with Crippen LogP contribution in [-0.2, 0) is 18.4 Å². The Kier molecular flexibility index (Phi) is 35.4. The average molecular weight is 759 g/mol. The summed E-state index contributed by atoms with van der Waals surface area (Å²) in [5.74, 6) is -0.173. The summed E-state index contributed by atoms with van der Waals surface area (Å²) in [5.41, 5.74) is 0. The molecule has 9 heteroatoms. The van der Waals surface area contributed by atoms with Gasteiger partial charge in [0.1, 0.15) is 13.2 Å². The van der Waals surface area contributed by atoms with E-state index in [0.29, 0.717) is 23.9 Å². The summed E-state index contributed by atoms with van der Waals surface area (Å²) < 4.78 is 23.2. The number of amides is 1. The molecule has 2 N–H and O–H groups in total. The van der Waals surface area contributed by atoms with Crippen molar-refractivity contribution >= 4 is 13.7 Å². The van der Waals surface area contributed by atoms with Gasteiger partial charge in [0.2, 0.25) is 5.91 Å². The molecule has 0 heterocycles. The van der Waals surface area contributed by atoms with Crippen molar-refractivity contribution in [2.45, 2.75) is 219 Å². The quantitative estimate of drug-likeness (QED) is 0.0279. The number of carbonyl (C=O) groups excluding carboxylic acids is 1. The van der Waals surface area contributed by atoms with Crippen LogP contribution in [0.5, 0.6) is 0 Å². The molecule has 0 saturated heterocycles. The third-order valence-electron chi connectivity index (χ3n) is 10.0. The van der Waals surface area contributed by atoms with E-state index in [2.05, 4.69) is 31.3 Å². The second-order valence-corrected chi connectivity index (χ2v) is 17.8. The van der Waals surface area contributed by atoms with Crippen LogP contribution in [0.15, 0.2) is 12.2 Å². The number of aliphatic hydroxyl groups is 1. The summed E-state index contributed by atoms with van der Waals surface area (Å²) in [7, 11) is 1.29. The predicted molar refractivity (Wildman–Crippen MR) is 219 cm³/mol. The third-order valence-corrected chi connectivity index (χ3v) is 11.0. The van der Waals surface area contributed by atoms with E-state index in [4.69, 9.17) is 9.05 Å². The standard InChI is InChI=1S/C43H87N2O6P/c1-6-8-10-12-14-16-18-20-22-23-25-27-29-31-33-35-37-43(47)44-41(40-51-52(48,49)50-39-38-45(3,4)5)42(46)36-34-32-30-28-26-24-21-19-17-15-13-11-9-7-2/h26,28,41-42,46H,6-25,27,29-40H2,1-5H3,(H-,44,47,48,49)/b28-26+/t41-,42+/m0/s1. The van der Waals surface area contributed by atoms with Gasteiger partial charge in [0.05, 0.1) is 39.9 Å². The van der Waals surface area contributed by atoms with E-state index in [0.717, 1.165) is 44.9 Å². The molecule has 0 spiro atoms. The lowest BCUT2D eigenvalue weighted by molar-refractivity contribution is -0.870. The molecule has 0 rings (SSSR count). The Labute approximate surface area is 322 Å². The van der Waals surface area contributed by atoms with Crippen molar-refractivity contribution in [1.29, 1.82) is 0 Å². The Bertz CT molecular complexity index is 865. The van der Waals surface area contributed by atoms with E-state index >= 15 is 0 Å². The normalized spacial score (nSPS) is 14.5. The predicted octanol–water partition coefficient (Wildman–Crippen LogP) is 11.3. The molecule has 1 amide bonds. The maximum absolute atomic E-state index is 12.8. The number of likely N-dealkylation sites (N-methyl/N-ethyl adjacent to an activating group) is 1. The summed E-state index contributed by atoms with van der Waals surface area (Å²) >= 11 is 0. The van der Waals surface area contributed by atoms with Gasteiger partial charge in [-0.2, -0.15) is 0 Å². The molecule has 3 atom stereocenters. The lowest BCUT2D eigenvalue weighted by Crippen LogP contribution is -2.46. The van der Waals surface area contributed by atoms with Crippen molar-refractivity contribution in [2.75, 3.05) is 40.9 Å². The van der Waals surface area contributed by atoms with Crippen molar-refractivity contribution in [1.82, 2.24) is 5.32 Å². The number of hydrogen-bond donors (Lipinski definition) is 2. The summed E-state index contributed by atoms with van der Waals surface area (Å²) in [5, 5.41) is 13.9. The lowest BCUT2D eigenvalue weighted by atomic mass is 10.0. The first-order valence-electron chi connectivity index (χ1n) is 22.0. The van der Waals surface area contributed by atoms with Crippen molar-refractivity contribution < 1.29 is 32.9 Å². The van der Waals surface area contributed by atoms with Crippen LogP contribution >= 0.6 is 7.82 Å². The monoisotopic (exact) mass is 759 g/mol. The molecule has 0 aliphatic rings. The first-order chi connectivity index (χ1) is 25.0. The summed E-state index contributed by atoms with van der Waals surface area (Å²) in [4.78, 5) is 25.3. The number of aliphatic hydroxyl groups excluding tert-OH is 1. The number of rotatable bonds is 40. The van der Waals surface area contributed by atoms with Crippen LogP contribution < -0.4 is 10.2 Å². The van der Waals surface area contributed by atoms with Crippen molar-refractivity contribution in [2.24, 2.45) is 0 Å². The zero-order chi connectivity index (χ0) is 38.6. The number of carbonyl (C=O) groups is 1. The second-order valence-electron chi connectivity index (χ2n) is 16.4. The van der Waals surface area contributed by atoms with E-state index in [-0.39, 0.29) is 19.1 Å². The Morgan fingerprint density at radius 2 is 1.06 bits per heavy atom. The molecular weight excluding hydrogens is 671 g/mol. The van der Waals surface area contributed by atoms with Gasteiger partial charge in [0.25, 0.3) is 7.82 Å². The highest BCUT2D eigenvalue weighted by Crippen LogP contribution is 2.38. The molecule has 0 aliphatic carbocycles. The molecule has 0 aliphatic heterocycles. The molecule has 0 aromatic rings. The number of nitrogens with zero attached hydrogens (tertiary/aromatic N) is 1. The van der Waals surface area contributed by atoms with Crippen molar-refractivity contribution in [3.63, 3.8) is 0 Å². The van der Waals surface area contributed by atoms with Crippen molar-refractivity contribution in [3.8, 4) is 0 Å². The maximum atomic E-state index is 12.8. The van der Waals surface area contributed by atoms with Gasteiger partial charge in [-0.25, -0.2) is 0 Å². The van der Waals surface area contributed by atoms with Gasteiger partial charge >= 0.3 is 0 Å². The summed E-state index contributed by atoms with van der Waals surface area (Å²) in [6.45, 7) is 4.70. The van der Waals surface area contributed by atoms with Crippen LogP contribution in [0.2, 0.25) is 0 Å². The van der Waals surface area contributed by atoms with Crippen LogP contribution in [0, 0.1) is 0 Å². The molecule has 1 unspecified atom stereocenters. The fourth-order valence-electron chi connectivity index (χ4n) is 6.45. The van der Waals surface area contributed by atoms with E-state index in [1.165, 1.54) is 135 Å². The van der Waals surface area contributed by atoms with Gasteiger partial charge in [-0.05, 0) is 38.5 Å². The summed E-state index contributed by atoms with van der Waals surface area (Å²) in [6.07, 6.45) is 39.2. The van der Waals surface area contributed by atoms with Gasteiger partial charge in [0.15, 0.2) is 0 Å². The smallest absolute Gasteiger partial charge is 0.268 e. The Hall–Kier alpha value is -0.760. The number of quaternary nitrogens is 1. The third kappa shape index (κ3) is 37.6. The van der Waals surface area contributed by atoms with Crippen LogP contribution in [-0.4, -0.2) is 68.5 Å². The van der Waals surface area contributed by atoms with Crippen LogP contribution in [0.25, 0.3) is 0 Å². The zero-order valence-corrected chi connectivity index (χ0v) is 35.9. The first kappa shape index (κ1) is 51.2. The topological polar surface area (TPSA) is 108 Å². The Morgan fingerprint density at radius 3 is 1.50 bits per heavy atom. The highest BCUT2D eigenvalue weighted by Gasteiger charge is 2.24. The van der Waals surface area contributed by atoms with Gasteiger partial charge in [0, 0.05) is 6.42 Å². The molecular formula is C43H87N2O6P. The van der Waals surface area contributed by atoms with Gasteiger partial charge in [-0.15, -0.1) is 0 Å². The van der Waals surface area contributed by atoms with Crippen molar-refractivity contribution in [3.05, 3.63) is 12.2 Å². The largest absolute Gasteiger partial charge is 0.756 e. The highest BCUT2D eigenvalue weighted by molar-refractivity contribution is 7.45. The molecule has 52 heavy (non-hydrogen) atoms. The highest BCUT2D eigenvalue weighted by atomic mass is 31.2. The maximum Gasteiger partial charge on any atom is 0.268 e. The Morgan fingerprint density at radius 1 is 0.654 bits per heavy atom. The number of hydrogen-bond acceptors (Lipinski definition) is 6.